The van der Waals surface area contributed by atoms with Gasteiger partial charge in [0.2, 0.25) is 0 Å². The summed E-state index contributed by atoms with van der Waals surface area (Å²) in [5.41, 5.74) is 8.47. The summed E-state index contributed by atoms with van der Waals surface area (Å²) < 4.78 is 6.37. The van der Waals surface area contributed by atoms with E-state index >= 15 is 0 Å². The number of hydrazone groups is 1. The summed E-state index contributed by atoms with van der Waals surface area (Å²) in [7, 11) is 0. The van der Waals surface area contributed by atoms with Crippen molar-refractivity contribution in [1.82, 2.24) is 5.43 Å². The van der Waals surface area contributed by atoms with E-state index in [0.717, 1.165) is 15.6 Å². The summed E-state index contributed by atoms with van der Waals surface area (Å²) in [5, 5.41) is 5.17. The lowest BCUT2D eigenvalue weighted by Gasteiger charge is -2.04. The van der Waals surface area contributed by atoms with Crippen LogP contribution in [0.3, 0.4) is 0 Å². The van der Waals surface area contributed by atoms with Gasteiger partial charge in [-0.25, -0.2) is 4.79 Å². The van der Waals surface area contributed by atoms with Crippen LogP contribution in [0.5, 0.6) is 5.75 Å². The number of esters is 1. The van der Waals surface area contributed by atoms with Crippen LogP contribution in [-0.2, 0) is 0 Å². The van der Waals surface area contributed by atoms with Crippen LogP contribution in [0.15, 0.2) is 53.6 Å². The fourth-order valence-corrected chi connectivity index (χ4v) is 3.57. The normalized spacial score (nSPS) is 10.9. The molecule has 0 saturated carbocycles. The van der Waals surface area contributed by atoms with E-state index in [2.05, 4.69) is 22.7 Å². The van der Waals surface area contributed by atoms with Crippen molar-refractivity contribution in [3.05, 3.63) is 64.0 Å². The van der Waals surface area contributed by atoms with Crippen LogP contribution in [0.4, 0.5) is 0 Å². The van der Waals surface area contributed by atoms with Crippen molar-refractivity contribution in [1.29, 1.82) is 0 Å². The number of halogens is 1. The third-order valence-corrected chi connectivity index (χ3v) is 4.92. The van der Waals surface area contributed by atoms with E-state index in [0.29, 0.717) is 15.6 Å². The molecule has 0 aliphatic heterocycles. The van der Waals surface area contributed by atoms with Gasteiger partial charge in [0.15, 0.2) is 5.11 Å². The first-order chi connectivity index (χ1) is 12.0. The summed E-state index contributed by atoms with van der Waals surface area (Å²) in [6.07, 6.45) is 1.52. The molecule has 2 aromatic carbocycles. The number of rotatable bonds is 4. The van der Waals surface area contributed by atoms with Gasteiger partial charge in [-0.3, -0.25) is 5.43 Å². The summed E-state index contributed by atoms with van der Waals surface area (Å²) in [5.74, 6) is -0.112. The van der Waals surface area contributed by atoms with E-state index in [1.165, 1.54) is 17.6 Å². The first-order valence-corrected chi connectivity index (χ1v) is 8.72. The lowest BCUT2D eigenvalue weighted by atomic mass is 10.2. The average Bonchev–Trinajstić information content (AvgIpc) is 2.92. The zero-order chi connectivity index (χ0) is 17.8. The smallest absolute Gasteiger partial charge is 0.355 e. The number of carbonyl (C=O) groups is 1. The average molecular weight is 390 g/mol. The minimum Gasteiger partial charge on any atom is -0.422 e. The largest absolute Gasteiger partial charge is 0.422 e. The van der Waals surface area contributed by atoms with Gasteiger partial charge in [0.25, 0.3) is 0 Å². The Morgan fingerprint density at radius 1 is 1.28 bits per heavy atom. The van der Waals surface area contributed by atoms with Crippen molar-refractivity contribution in [3.8, 4) is 5.75 Å². The van der Waals surface area contributed by atoms with E-state index < -0.39 is 5.97 Å². The Balaban J connectivity index is 1.79. The number of nitrogens with zero attached hydrogens (tertiary/aromatic N) is 1. The van der Waals surface area contributed by atoms with Crippen molar-refractivity contribution < 1.29 is 9.53 Å². The highest BCUT2D eigenvalue weighted by atomic mass is 35.5. The Hall–Kier alpha value is -2.48. The van der Waals surface area contributed by atoms with Crippen LogP contribution >= 0.6 is 35.2 Å². The van der Waals surface area contributed by atoms with Crippen molar-refractivity contribution in [2.24, 2.45) is 10.8 Å². The van der Waals surface area contributed by atoms with E-state index in [1.54, 1.807) is 24.3 Å². The maximum Gasteiger partial charge on any atom is 0.355 e. The number of hydrogen-bond donors (Lipinski definition) is 2. The standard InChI is InChI=1S/C17H12ClN3O2S2/c18-14-12-6-1-2-7-13(12)25-15(14)16(22)23-11-5-3-4-10(8-11)9-20-21-17(19)24/h1-9H,(H3,19,21,24)/b20-9-. The molecule has 0 saturated heterocycles. The molecule has 0 atom stereocenters. The topological polar surface area (TPSA) is 76.7 Å². The Kier molecular flexibility index (Phi) is 5.28. The van der Waals surface area contributed by atoms with Gasteiger partial charge in [0.05, 0.1) is 11.2 Å². The first-order valence-electron chi connectivity index (χ1n) is 7.12. The predicted molar refractivity (Wildman–Crippen MR) is 106 cm³/mol. The van der Waals surface area contributed by atoms with E-state index in [-0.39, 0.29) is 5.11 Å². The molecule has 3 N–H and O–H groups in total. The van der Waals surface area contributed by atoms with Gasteiger partial charge in [-0.1, -0.05) is 41.9 Å². The van der Waals surface area contributed by atoms with Gasteiger partial charge in [-0.2, -0.15) is 5.10 Å². The monoisotopic (exact) mass is 389 g/mol. The van der Waals surface area contributed by atoms with Crippen LogP contribution in [0, 0.1) is 0 Å². The highest BCUT2D eigenvalue weighted by Crippen LogP contribution is 2.35. The number of ether oxygens (including phenoxy) is 1. The molecular weight excluding hydrogens is 378 g/mol. The van der Waals surface area contributed by atoms with Gasteiger partial charge in [0.1, 0.15) is 10.6 Å². The molecule has 0 aliphatic rings. The van der Waals surface area contributed by atoms with E-state index in [9.17, 15) is 4.79 Å². The van der Waals surface area contributed by atoms with Crippen molar-refractivity contribution in [2.75, 3.05) is 0 Å². The van der Waals surface area contributed by atoms with Crippen molar-refractivity contribution >= 4 is 62.5 Å². The molecule has 3 rings (SSSR count). The van der Waals surface area contributed by atoms with Crippen LogP contribution < -0.4 is 15.9 Å². The molecule has 0 spiro atoms. The van der Waals surface area contributed by atoms with Crippen LogP contribution in [-0.4, -0.2) is 17.3 Å². The molecule has 0 radical (unpaired) electrons. The van der Waals surface area contributed by atoms with E-state index in [4.69, 9.17) is 22.1 Å². The number of carbonyl (C=O) groups excluding carboxylic acids is 1. The maximum absolute atomic E-state index is 12.4. The van der Waals surface area contributed by atoms with Crippen molar-refractivity contribution in [3.63, 3.8) is 0 Å². The zero-order valence-corrected chi connectivity index (χ0v) is 15.1. The molecule has 25 heavy (non-hydrogen) atoms. The minimum absolute atomic E-state index is 0.0678. The molecule has 0 fully saturated rings. The summed E-state index contributed by atoms with van der Waals surface area (Å²) >= 11 is 12.3. The van der Waals surface area contributed by atoms with Gasteiger partial charge in [-0.05, 0) is 36.0 Å². The van der Waals surface area contributed by atoms with Crippen LogP contribution in [0.2, 0.25) is 5.02 Å². The minimum atomic E-state index is -0.499. The molecule has 0 bridgehead atoms. The van der Waals surface area contributed by atoms with Gasteiger partial charge in [0, 0.05) is 10.1 Å². The molecule has 126 valence electrons. The fraction of sp³-hybridized carbons (Fsp3) is 0. The quantitative estimate of drug-likeness (QED) is 0.232. The Morgan fingerprint density at radius 2 is 2.08 bits per heavy atom. The molecule has 1 heterocycles. The van der Waals surface area contributed by atoms with Crippen LogP contribution in [0.1, 0.15) is 15.2 Å². The number of thiophene rings is 1. The Morgan fingerprint density at radius 3 is 2.84 bits per heavy atom. The molecule has 5 nitrogen and oxygen atoms in total. The molecule has 0 unspecified atom stereocenters. The van der Waals surface area contributed by atoms with Gasteiger partial charge >= 0.3 is 5.97 Å². The molecule has 8 heteroatoms. The highest BCUT2D eigenvalue weighted by Gasteiger charge is 2.18. The number of hydrogen-bond acceptors (Lipinski definition) is 5. The Bertz CT molecular complexity index is 985. The van der Waals surface area contributed by atoms with Gasteiger partial charge < -0.3 is 10.5 Å². The Labute approximate surface area is 158 Å². The maximum atomic E-state index is 12.4. The lowest BCUT2D eigenvalue weighted by Crippen LogP contribution is -2.23. The first kappa shape index (κ1) is 17.3. The van der Waals surface area contributed by atoms with Gasteiger partial charge in [-0.15, -0.1) is 11.3 Å². The van der Waals surface area contributed by atoms with Crippen molar-refractivity contribution in [2.45, 2.75) is 0 Å². The second-order valence-corrected chi connectivity index (χ2v) is 6.81. The van der Waals surface area contributed by atoms with Crippen LogP contribution in [0.25, 0.3) is 10.1 Å². The molecule has 0 amide bonds. The lowest BCUT2D eigenvalue weighted by molar-refractivity contribution is 0.0740. The van der Waals surface area contributed by atoms with E-state index in [1.807, 2.05) is 24.3 Å². The summed E-state index contributed by atoms with van der Waals surface area (Å²) in [6.45, 7) is 0. The fourth-order valence-electron chi connectivity index (χ4n) is 2.13. The third kappa shape index (κ3) is 4.14. The molecule has 3 aromatic rings. The number of nitrogens with one attached hydrogen (secondary N) is 1. The highest BCUT2D eigenvalue weighted by molar-refractivity contribution is 7.80. The summed E-state index contributed by atoms with van der Waals surface area (Å²) in [4.78, 5) is 12.8. The second kappa shape index (κ2) is 7.60. The molecular formula is C17H12ClN3O2S2. The second-order valence-electron chi connectivity index (χ2n) is 4.94. The predicted octanol–water partition coefficient (Wildman–Crippen LogP) is 3.94. The number of fused-ring (bicyclic) bond motifs is 1. The third-order valence-electron chi connectivity index (χ3n) is 3.18. The summed E-state index contributed by atoms with van der Waals surface area (Å²) in [6, 6.07) is 14.5. The number of nitrogens with two attached hydrogens (primary N) is 1. The zero-order valence-electron chi connectivity index (χ0n) is 12.7. The molecule has 1 aromatic heterocycles. The number of thiocarbonyl (C=S) groups is 1. The SMILES string of the molecule is NC(=S)N/N=C\c1cccc(OC(=O)c2sc3ccccc3c2Cl)c1. The molecule has 0 aliphatic carbocycles. The number of benzene rings is 2.